The van der Waals surface area contributed by atoms with Gasteiger partial charge in [0.1, 0.15) is 0 Å². The Bertz CT molecular complexity index is 317. The van der Waals surface area contributed by atoms with Crippen molar-refractivity contribution in [3.63, 3.8) is 0 Å². The lowest BCUT2D eigenvalue weighted by atomic mass is 9.94. The molecule has 1 aromatic rings. The zero-order valence-corrected chi connectivity index (χ0v) is 9.33. The van der Waals surface area contributed by atoms with E-state index in [1.54, 1.807) is 6.20 Å². The molecule has 1 amide bonds. The van der Waals surface area contributed by atoms with Crippen molar-refractivity contribution in [3.05, 3.63) is 18.0 Å². The number of amides is 1. The summed E-state index contributed by atoms with van der Waals surface area (Å²) in [6, 6.07) is 1.87. The molecule has 0 bridgehead atoms. The Balaban J connectivity index is 1.67. The summed E-state index contributed by atoms with van der Waals surface area (Å²) >= 11 is 0. The molecule has 16 heavy (non-hydrogen) atoms. The molecule has 0 saturated carbocycles. The summed E-state index contributed by atoms with van der Waals surface area (Å²) in [5, 5.41) is 12.9. The molecule has 0 aliphatic carbocycles. The number of nitrogens with zero attached hydrogens (tertiary/aromatic N) is 1. The van der Waals surface area contributed by atoms with Gasteiger partial charge >= 0.3 is 0 Å². The summed E-state index contributed by atoms with van der Waals surface area (Å²) in [5.41, 5.74) is 0.943. The number of hydrogen-bond acceptors (Lipinski definition) is 3. The number of aromatic amines is 1. The fourth-order valence-electron chi connectivity index (χ4n) is 2.00. The molecule has 1 saturated heterocycles. The van der Waals surface area contributed by atoms with Crippen LogP contribution >= 0.6 is 0 Å². The third kappa shape index (κ3) is 3.34. The van der Waals surface area contributed by atoms with E-state index in [2.05, 4.69) is 20.8 Å². The summed E-state index contributed by atoms with van der Waals surface area (Å²) in [4.78, 5) is 11.6. The molecule has 1 fully saturated rings. The number of hydrogen-bond donors (Lipinski definition) is 3. The zero-order chi connectivity index (χ0) is 11.2. The maximum Gasteiger partial charge on any atom is 0.220 e. The highest BCUT2D eigenvalue weighted by molar-refractivity contribution is 5.76. The number of carbonyl (C=O) groups is 1. The average molecular weight is 222 g/mol. The number of rotatable bonds is 4. The quantitative estimate of drug-likeness (QED) is 0.691. The Kier molecular flexibility index (Phi) is 3.93. The fourth-order valence-corrected chi connectivity index (χ4v) is 2.00. The van der Waals surface area contributed by atoms with Crippen LogP contribution in [0.3, 0.4) is 0 Å². The van der Waals surface area contributed by atoms with Crippen molar-refractivity contribution in [1.29, 1.82) is 0 Å². The fraction of sp³-hybridized carbons (Fsp3) is 0.636. The van der Waals surface area contributed by atoms with E-state index in [9.17, 15) is 4.79 Å². The molecule has 3 N–H and O–H groups in total. The lowest BCUT2D eigenvalue weighted by Gasteiger charge is -2.21. The van der Waals surface area contributed by atoms with Gasteiger partial charge in [-0.25, -0.2) is 0 Å². The maximum absolute atomic E-state index is 11.6. The molecular weight excluding hydrogens is 204 g/mol. The molecule has 0 aromatic carbocycles. The minimum atomic E-state index is 0.140. The lowest BCUT2D eigenvalue weighted by molar-refractivity contribution is -0.122. The van der Waals surface area contributed by atoms with Crippen LogP contribution in [0.1, 0.15) is 25.0 Å². The highest BCUT2D eigenvalue weighted by Gasteiger charge is 2.16. The summed E-state index contributed by atoms with van der Waals surface area (Å²) in [5.74, 6) is 0.685. The van der Waals surface area contributed by atoms with Crippen LogP contribution < -0.4 is 10.6 Å². The molecule has 0 spiro atoms. The van der Waals surface area contributed by atoms with Crippen LogP contribution in [-0.4, -0.2) is 29.2 Å². The van der Waals surface area contributed by atoms with Crippen LogP contribution in [0.5, 0.6) is 0 Å². The van der Waals surface area contributed by atoms with Crippen LogP contribution in [0.4, 0.5) is 0 Å². The minimum absolute atomic E-state index is 0.140. The van der Waals surface area contributed by atoms with E-state index < -0.39 is 0 Å². The number of carbonyl (C=O) groups excluding carboxylic acids is 1. The highest BCUT2D eigenvalue weighted by Crippen LogP contribution is 2.15. The van der Waals surface area contributed by atoms with Gasteiger partial charge < -0.3 is 10.6 Å². The molecule has 5 nitrogen and oxygen atoms in total. The Morgan fingerprint density at radius 1 is 1.50 bits per heavy atom. The van der Waals surface area contributed by atoms with Gasteiger partial charge in [0.15, 0.2) is 0 Å². The van der Waals surface area contributed by atoms with E-state index in [1.807, 2.05) is 6.07 Å². The van der Waals surface area contributed by atoms with E-state index in [0.29, 0.717) is 18.9 Å². The van der Waals surface area contributed by atoms with Gasteiger partial charge in [-0.05, 0) is 37.9 Å². The Hall–Kier alpha value is -1.36. The van der Waals surface area contributed by atoms with Crippen LogP contribution in [0, 0.1) is 5.92 Å². The molecule has 2 heterocycles. The maximum atomic E-state index is 11.6. The van der Waals surface area contributed by atoms with Crippen molar-refractivity contribution >= 4 is 5.91 Å². The smallest absolute Gasteiger partial charge is 0.220 e. The van der Waals surface area contributed by atoms with Gasteiger partial charge in [0, 0.05) is 12.6 Å². The van der Waals surface area contributed by atoms with E-state index >= 15 is 0 Å². The van der Waals surface area contributed by atoms with Crippen molar-refractivity contribution in [3.8, 4) is 0 Å². The largest absolute Gasteiger partial charge is 0.350 e. The van der Waals surface area contributed by atoms with Gasteiger partial charge in [-0.1, -0.05) is 0 Å². The van der Waals surface area contributed by atoms with Gasteiger partial charge in [0.25, 0.3) is 0 Å². The molecule has 1 aliphatic rings. The van der Waals surface area contributed by atoms with Gasteiger partial charge in [-0.2, -0.15) is 5.10 Å². The van der Waals surface area contributed by atoms with Crippen molar-refractivity contribution in [2.24, 2.45) is 5.92 Å². The van der Waals surface area contributed by atoms with Crippen LogP contribution in [0.2, 0.25) is 0 Å². The van der Waals surface area contributed by atoms with Crippen molar-refractivity contribution in [1.82, 2.24) is 20.8 Å². The lowest BCUT2D eigenvalue weighted by Crippen LogP contribution is -2.32. The molecule has 1 aliphatic heterocycles. The van der Waals surface area contributed by atoms with Gasteiger partial charge in [-0.3, -0.25) is 9.89 Å². The first-order valence-corrected chi connectivity index (χ1v) is 5.80. The number of nitrogens with one attached hydrogen (secondary N) is 3. The number of piperidine rings is 1. The SMILES string of the molecule is O=C(CC1CCNCC1)NCc1ccn[nH]1. The molecule has 5 heteroatoms. The second kappa shape index (κ2) is 5.65. The minimum Gasteiger partial charge on any atom is -0.350 e. The first kappa shape index (κ1) is 11.1. The van der Waals surface area contributed by atoms with Crippen LogP contribution in [0.25, 0.3) is 0 Å². The molecule has 0 atom stereocenters. The third-order valence-corrected chi connectivity index (χ3v) is 2.97. The molecule has 1 aromatic heterocycles. The van der Waals surface area contributed by atoms with Crippen LogP contribution in [0.15, 0.2) is 12.3 Å². The predicted octanol–water partition coefficient (Wildman–Crippen LogP) is 0.416. The average Bonchev–Trinajstić information content (AvgIpc) is 2.81. The normalized spacial score (nSPS) is 17.2. The highest BCUT2D eigenvalue weighted by atomic mass is 16.1. The molecular formula is C11H18N4O. The Labute approximate surface area is 95.0 Å². The van der Waals surface area contributed by atoms with E-state index in [4.69, 9.17) is 0 Å². The van der Waals surface area contributed by atoms with Gasteiger partial charge in [0.2, 0.25) is 5.91 Å². The molecule has 0 unspecified atom stereocenters. The van der Waals surface area contributed by atoms with E-state index in [0.717, 1.165) is 31.6 Å². The zero-order valence-electron chi connectivity index (χ0n) is 9.33. The second-order valence-corrected chi connectivity index (χ2v) is 4.26. The summed E-state index contributed by atoms with van der Waals surface area (Å²) < 4.78 is 0. The van der Waals surface area contributed by atoms with Crippen molar-refractivity contribution < 1.29 is 4.79 Å². The van der Waals surface area contributed by atoms with E-state index in [-0.39, 0.29) is 5.91 Å². The summed E-state index contributed by atoms with van der Waals surface area (Å²) in [6.45, 7) is 2.63. The van der Waals surface area contributed by atoms with Crippen molar-refractivity contribution in [2.75, 3.05) is 13.1 Å². The first-order chi connectivity index (χ1) is 7.84. The monoisotopic (exact) mass is 222 g/mol. The van der Waals surface area contributed by atoms with Crippen LogP contribution in [-0.2, 0) is 11.3 Å². The molecule has 2 rings (SSSR count). The summed E-state index contributed by atoms with van der Waals surface area (Å²) in [6.07, 6.45) is 4.55. The molecule has 0 radical (unpaired) electrons. The first-order valence-electron chi connectivity index (χ1n) is 5.80. The van der Waals surface area contributed by atoms with Gasteiger partial charge in [-0.15, -0.1) is 0 Å². The van der Waals surface area contributed by atoms with Crippen molar-refractivity contribution in [2.45, 2.75) is 25.8 Å². The summed E-state index contributed by atoms with van der Waals surface area (Å²) in [7, 11) is 0. The van der Waals surface area contributed by atoms with Gasteiger partial charge in [0.05, 0.1) is 12.2 Å². The Morgan fingerprint density at radius 3 is 3.00 bits per heavy atom. The Morgan fingerprint density at radius 2 is 2.31 bits per heavy atom. The topological polar surface area (TPSA) is 69.8 Å². The standard InChI is InChI=1S/C11H18N4O/c16-11(7-9-1-4-12-5-2-9)13-8-10-3-6-14-15-10/h3,6,9,12H,1-2,4-5,7-8H2,(H,13,16)(H,14,15). The second-order valence-electron chi connectivity index (χ2n) is 4.26. The number of aromatic nitrogens is 2. The predicted molar refractivity (Wildman–Crippen MR) is 60.6 cm³/mol. The third-order valence-electron chi connectivity index (χ3n) is 2.97. The number of H-pyrrole nitrogens is 1. The molecule has 88 valence electrons. The van der Waals surface area contributed by atoms with E-state index in [1.165, 1.54) is 0 Å².